The highest BCUT2D eigenvalue weighted by atomic mass is 35.5. The molecule has 1 N–H and O–H groups in total. The van der Waals surface area contributed by atoms with Crippen LogP contribution in [-0.2, 0) is 16.2 Å². The van der Waals surface area contributed by atoms with Gasteiger partial charge in [-0.15, -0.1) is 12.4 Å². The summed E-state index contributed by atoms with van der Waals surface area (Å²) in [6, 6.07) is 1.46. The minimum atomic E-state index is -4.86. The van der Waals surface area contributed by atoms with Crippen LogP contribution in [-0.4, -0.2) is 38.4 Å². The van der Waals surface area contributed by atoms with Crippen LogP contribution in [0.25, 0.3) is 0 Å². The number of sulfonamides is 1. The molecule has 10 heteroatoms. The summed E-state index contributed by atoms with van der Waals surface area (Å²) in [5, 5.41) is 3.05. The van der Waals surface area contributed by atoms with Crippen LogP contribution in [0.1, 0.15) is 25.3 Å². The van der Waals surface area contributed by atoms with Gasteiger partial charge in [0.1, 0.15) is 5.82 Å². The Balaban J connectivity index is 0.00000288. The fourth-order valence-corrected chi connectivity index (χ4v) is 4.38. The van der Waals surface area contributed by atoms with Crippen molar-refractivity contribution in [2.24, 2.45) is 0 Å². The average molecular weight is 391 g/mol. The first-order valence-corrected chi connectivity index (χ1v) is 8.71. The normalized spacial score (nSPS) is 18.7. The monoisotopic (exact) mass is 390 g/mol. The lowest BCUT2D eigenvalue weighted by atomic mass is 10.2. The Morgan fingerprint density at radius 2 is 2.00 bits per heavy atom. The third kappa shape index (κ3) is 4.38. The number of nitrogens with one attached hydrogen (secondary N) is 1. The van der Waals surface area contributed by atoms with Gasteiger partial charge in [0.15, 0.2) is 0 Å². The zero-order valence-electron chi connectivity index (χ0n) is 12.9. The van der Waals surface area contributed by atoms with E-state index in [2.05, 4.69) is 5.32 Å². The van der Waals surface area contributed by atoms with Crippen molar-refractivity contribution in [1.29, 1.82) is 0 Å². The largest absolute Gasteiger partial charge is 0.419 e. The van der Waals surface area contributed by atoms with Crippen molar-refractivity contribution in [2.45, 2.75) is 36.9 Å². The maximum Gasteiger partial charge on any atom is 0.419 e. The summed E-state index contributed by atoms with van der Waals surface area (Å²) in [5.74, 6) is -1.58. The lowest BCUT2D eigenvalue weighted by molar-refractivity contribution is -0.140. The standard InChI is InChI=1S/C14H18F4N2O2S.ClH/c1-2-7-20(10-5-6-19-9-10)23(21,22)11-3-4-12(13(15)8-11)14(16,17)18;/h3-4,8,10,19H,2,5-7,9H2,1H3;1H. The molecule has 0 bridgehead atoms. The van der Waals surface area contributed by atoms with Crippen molar-refractivity contribution in [1.82, 2.24) is 9.62 Å². The fourth-order valence-electron chi connectivity index (χ4n) is 2.63. The Morgan fingerprint density at radius 1 is 1.33 bits per heavy atom. The molecule has 0 amide bonds. The van der Waals surface area contributed by atoms with Gasteiger partial charge < -0.3 is 5.32 Å². The molecule has 24 heavy (non-hydrogen) atoms. The highest BCUT2D eigenvalue weighted by Crippen LogP contribution is 2.33. The molecule has 1 aromatic carbocycles. The summed E-state index contributed by atoms with van der Waals surface area (Å²) in [4.78, 5) is -0.455. The molecule has 0 saturated carbocycles. The van der Waals surface area contributed by atoms with Crippen LogP contribution < -0.4 is 5.32 Å². The molecule has 0 radical (unpaired) electrons. The molecular formula is C14H19ClF4N2O2S. The number of alkyl halides is 3. The number of hydrogen-bond donors (Lipinski definition) is 1. The average Bonchev–Trinajstić information content (AvgIpc) is 2.96. The van der Waals surface area contributed by atoms with E-state index in [1.54, 1.807) is 6.92 Å². The van der Waals surface area contributed by atoms with E-state index < -0.39 is 32.5 Å². The van der Waals surface area contributed by atoms with Crippen LogP contribution in [0.15, 0.2) is 23.1 Å². The second-order valence-corrected chi connectivity index (χ2v) is 7.29. The van der Waals surface area contributed by atoms with Gasteiger partial charge in [-0.2, -0.15) is 17.5 Å². The Hall–Kier alpha value is -0.900. The first-order chi connectivity index (χ1) is 10.7. The number of rotatable bonds is 5. The van der Waals surface area contributed by atoms with E-state index in [0.717, 1.165) is 6.07 Å². The molecule has 1 aromatic rings. The van der Waals surface area contributed by atoms with Gasteiger partial charge in [-0.3, -0.25) is 0 Å². The van der Waals surface area contributed by atoms with E-state index >= 15 is 0 Å². The van der Waals surface area contributed by atoms with Crippen molar-refractivity contribution in [3.63, 3.8) is 0 Å². The molecule has 138 valence electrons. The maximum absolute atomic E-state index is 13.7. The van der Waals surface area contributed by atoms with Gasteiger partial charge in [-0.05, 0) is 37.6 Å². The van der Waals surface area contributed by atoms with Gasteiger partial charge in [0, 0.05) is 19.1 Å². The third-order valence-electron chi connectivity index (χ3n) is 3.74. The van der Waals surface area contributed by atoms with Crippen molar-refractivity contribution in [3.05, 3.63) is 29.6 Å². The van der Waals surface area contributed by atoms with Crippen molar-refractivity contribution in [3.8, 4) is 0 Å². The summed E-state index contributed by atoms with van der Waals surface area (Å²) < 4.78 is 78.1. The molecule has 1 atom stereocenters. The molecule has 1 aliphatic rings. The fraction of sp³-hybridized carbons (Fsp3) is 0.571. The molecule has 1 aliphatic heterocycles. The van der Waals surface area contributed by atoms with Crippen LogP contribution in [0.2, 0.25) is 0 Å². The first kappa shape index (κ1) is 21.1. The van der Waals surface area contributed by atoms with Gasteiger partial charge in [-0.1, -0.05) is 6.92 Å². The van der Waals surface area contributed by atoms with E-state index in [4.69, 9.17) is 0 Å². The minimum Gasteiger partial charge on any atom is -0.315 e. The SMILES string of the molecule is CCCN(C1CCNC1)S(=O)(=O)c1ccc(C(F)(F)F)c(F)c1.Cl. The summed E-state index contributed by atoms with van der Waals surface area (Å²) in [6.07, 6.45) is -3.69. The van der Waals surface area contributed by atoms with Crippen molar-refractivity contribution < 1.29 is 26.0 Å². The van der Waals surface area contributed by atoms with Crippen molar-refractivity contribution >= 4 is 22.4 Å². The van der Waals surface area contributed by atoms with Gasteiger partial charge in [-0.25, -0.2) is 12.8 Å². The molecule has 0 aliphatic carbocycles. The Labute approximate surface area is 144 Å². The summed E-state index contributed by atoms with van der Waals surface area (Å²) in [7, 11) is -4.05. The van der Waals surface area contributed by atoms with E-state index in [-0.39, 0.29) is 25.0 Å². The lowest BCUT2D eigenvalue weighted by Gasteiger charge is -2.27. The van der Waals surface area contributed by atoms with E-state index in [9.17, 15) is 26.0 Å². The number of nitrogens with zero attached hydrogens (tertiary/aromatic N) is 1. The minimum absolute atomic E-state index is 0. The number of halogens is 5. The summed E-state index contributed by atoms with van der Waals surface area (Å²) in [6.45, 7) is 3.18. The topological polar surface area (TPSA) is 49.4 Å². The molecule has 0 spiro atoms. The zero-order valence-corrected chi connectivity index (χ0v) is 14.6. The van der Waals surface area contributed by atoms with Crippen LogP contribution in [0, 0.1) is 5.82 Å². The number of benzene rings is 1. The molecule has 1 saturated heterocycles. The van der Waals surface area contributed by atoms with Gasteiger partial charge in [0.2, 0.25) is 10.0 Å². The van der Waals surface area contributed by atoms with Crippen LogP contribution in [0.3, 0.4) is 0 Å². The Bertz CT molecular complexity index is 661. The second-order valence-electron chi connectivity index (χ2n) is 5.40. The first-order valence-electron chi connectivity index (χ1n) is 7.27. The van der Waals surface area contributed by atoms with E-state index in [1.165, 1.54) is 4.31 Å². The molecule has 1 unspecified atom stereocenters. The highest BCUT2D eigenvalue weighted by Gasteiger charge is 2.37. The molecule has 1 fully saturated rings. The quantitative estimate of drug-likeness (QED) is 0.786. The second kappa shape index (κ2) is 7.99. The number of hydrogen-bond acceptors (Lipinski definition) is 3. The highest BCUT2D eigenvalue weighted by molar-refractivity contribution is 7.89. The molecule has 0 aromatic heterocycles. The van der Waals surface area contributed by atoms with Gasteiger partial charge in [0.25, 0.3) is 0 Å². The van der Waals surface area contributed by atoms with Gasteiger partial charge in [0.05, 0.1) is 10.5 Å². The Morgan fingerprint density at radius 3 is 2.46 bits per heavy atom. The maximum atomic E-state index is 13.7. The lowest BCUT2D eigenvalue weighted by Crippen LogP contribution is -2.42. The van der Waals surface area contributed by atoms with Gasteiger partial charge >= 0.3 is 6.18 Å². The van der Waals surface area contributed by atoms with Crippen LogP contribution >= 0.6 is 12.4 Å². The van der Waals surface area contributed by atoms with E-state index in [0.29, 0.717) is 38.1 Å². The predicted octanol–water partition coefficient (Wildman–Crippen LogP) is 3.03. The molecule has 1 heterocycles. The molecule has 2 rings (SSSR count). The van der Waals surface area contributed by atoms with Crippen LogP contribution in [0.5, 0.6) is 0 Å². The van der Waals surface area contributed by atoms with E-state index in [1.807, 2.05) is 0 Å². The summed E-state index contributed by atoms with van der Waals surface area (Å²) in [5.41, 5.74) is -1.47. The third-order valence-corrected chi connectivity index (χ3v) is 5.69. The Kier molecular flexibility index (Phi) is 7.04. The molecular weight excluding hydrogens is 372 g/mol. The summed E-state index contributed by atoms with van der Waals surface area (Å²) >= 11 is 0. The smallest absolute Gasteiger partial charge is 0.315 e. The van der Waals surface area contributed by atoms with Crippen LogP contribution in [0.4, 0.5) is 17.6 Å². The van der Waals surface area contributed by atoms with Crippen molar-refractivity contribution in [2.75, 3.05) is 19.6 Å². The predicted molar refractivity (Wildman–Crippen MR) is 84.1 cm³/mol. The zero-order chi connectivity index (χ0) is 17.3. The molecule has 4 nitrogen and oxygen atoms in total.